The van der Waals surface area contributed by atoms with E-state index in [2.05, 4.69) is 0 Å². The van der Waals surface area contributed by atoms with Gasteiger partial charge in [-0.05, 0) is 25.7 Å². The fourth-order valence-electron chi connectivity index (χ4n) is 0.408. The molecule has 0 amide bonds. The van der Waals surface area contributed by atoms with Crippen LogP contribution in [0.15, 0.2) is 0 Å². The molecule has 0 aliphatic rings. The van der Waals surface area contributed by atoms with Crippen LogP contribution in [0, 0.1) is 0 Å². The molecular weight excluding hydrogens is 289 g/mol. The van der Waals surface area contributed by atoms with Crippen molar-refractivity contribution in [3.8, 4) is 0 Å². The molecule has 0 heterocycles. The van der Waals surface area contributed by atoms with Gasteiger partial charge in [-0.15, -0.1) is 0 Å². The van der Waals surface area contributed by atoms with Crippen LogP contribution < -0.4 is 20.4 Å². The summed E-state index contributed by atoms with van der Waals surface area (Å²) in [6.45, 7) is 0. The van der Waals surface area contributed by atoms with Crippen LogP contribution in [-0.2, 0) is 19.2 Å². The number of hydrogen-bond acceptors (Lipinski definition) is 8. The van der Waals surface area contributed by atoms with Crippen LogP contribution >= 0.6 is 0 Å². The minimum atomic E-state index is -1.37. The van der Waals surface area contributed by atoms with Gasteiger partial charge in [0, 0.05) is 23.9 Å². The Hall–Kier alpha value is -0.628. The quantitative estimate of drug-likeness (QED) is 0.431. The first-order chi connectivity index (χ1) is 7.25. The van der Waals surface area contributed by atoms with Gasteiger partial charge in [-0.3, -0.25) is 0 Å². The van der Waals surface area contributed by atoms with Gasteiger partial charge in [0.05, 0.1) is 0 Å². The third kappa shape index (κ3) is 46.7. The predicted molar refractivity (Wildman–Crippen MR) is 53.6 cm³/mol. The number of carbonyl (C=O) groups is 4. The summed E-state index contributed by atoms with van der Waals surface area (Å²) in [6, 6.07) is 0. The van der Waals surface area contributed by atoms with E-state index >= 15 is 0 Å². The Morgan fingerprint density at radius 2 is 0.632 bits per heavy atom. The molecule has 0 fully saturated rings. The first-order valence-corrected chi connectivity index (χ1v) is 4.05. The van der Waals surface area contributed by atoms with Crippen LogP contribution in [0.1, 0.15) is 25.7 Å². The normalized spacial score (nSPS) is 7.16. The Balaban J connectivity index is -0.0000000594. The molecule has 0 unspecified atom stereocenters. The van der Waals surface area contributed by atoms with Crippen molar-refractivity contribution >= 4 is 70.0 Å². The van der Waals surface area contributed by atoms with Crippen LogP contribution in [-0.4, -0.2) is 75.5 Å². The number of rotatable bonds is 6. The smallest absolute Gasteiger partial charge is 0.550 e. The van der Waals surface area contributed by atoms with Gasteiger partial charge >= 0.3 is 46.1 Å². The zero-order chi connectivity index (χ0) is 13.1. The topological polar surface area (TPSA) is 192 Å². The standard InChI is InChI=1S/2C4H6O4.2Mg.H2O/c2*5-3(6)1-2-4(7)8;;;/h2*1-2H2,(H,5,6)(H,7,8);;;1H2/q;;2*+2;/p-4. The van der Waals surface area contributed by atoms with Gasteiger partial charge in [0.25, 0.3) is 0 Å². The molecule has 11 heteroatoms. The third-order valence-electron chi connectivity index (χ3n) is 1.07. The molecule has 19 heavy (non-hydrogen) atoms. The summed E-state index contributed by atoms with van der Waals surface area (Å²) in [5.74, 6) is -5.47. The van der Waals surface area contributed by atoms with Crippen LogP contribution in [0.4, 0.5) is 0 Å². The molecule has 2 N–H and O–H groups in total. The Bertz CT molecular complexity index is 223. The Morgan fingerprint density at radius 1 is 0.526 bits per heavy atom. The summed E-state index contributed by atoms with van der Waals surface area (Å²) in [4.78, 5) is 38.0. The molecule has 0 aliphatic carbocycles. The summed E-state index contributed by atoms with van der Waals surface area (Å²) < 4.78 is 0. The molecule has 0 rings (SSSR count). The average molecular weight is 299 g/mol. The molecule has 0 aromatic rings. The van der Waals surface area contributed by atoms with Gasteiger partial charge in [0.15, 0.2) is 0 Å². The molecule has 9 nitrogen and oxygen atoms in total. The molecular formula is C8H10Mg2O9. The van der Waals surface area contributed by atoms with Gasteiger partial charge in [0.1, 0.15) is 0 Å². The zero-order valence-corrected chi connectivity index (χ0v) is 12.8. The van der Waals surface area contributed by atoms with Crippen LogP contribution in [0.25, 0.3) is 0 Å². The molecule has 0 aliphatic heterocycles. The van der Waals surface area contributed by atoms with E-state index in [0.29, 0.717) is 0 Å². The Kier molecular flexibility index (Phi) is 32.2. The molecule has 0 radical (unpaired) electrons. The van der Waals surface area contributed by atoms with E-state index in [1.165, 1.54) is 0 Å². The first kappa shape index (κ1) is 31.0. The number of hydrogen-bond donors (Lipinski definition) is 0. The van der Waals surface area contributed by atoms with Crippen LogP contribution in [0.3, 0.4) is 0 Å². The van der Waals surface area contributed by atoms with Crippen molar-refractivity contribution in [1.82, 2.24) is 0 Å². The zero-order valence-electron chi connectivity index (χ0n) is 10.0. The SMILES string of the molecule is O.O=C([O-])CCC(=O)[O-].O=C([O-])CCC(=O)[O-].[Mg+2].[Mg+2]. The monoisotopic (exact) mass is 298 g/mol. The van der Waals surface area contributed by atoms with E-state index in [1.807, 2.05) is 0 Å². The van der Waals surface area contributed by atoms with E-state index in [1.54, 1.807) is 0 Å². The van der Waals surface area contributed by atoms with Gasteiger partial charge in [0.2, 0.25) is 0 Å². The van der Waals surface area contributed by atoms with Crippen molar-refractivity contribution in [3.63, 3.8) is 0 Å². The van der Waals surface area contributed by atoms with Crippen molar-refractivity contribution < 1.29 is 45.1 Å². The van der Waals surface area contributed by atoms with E-state index in [4.69, 9.17) is 0 Å². The fraction of sp³-hybridized carbons (Fsp3) is 0.500. The molecule has 0 saturated carbocycles. The maximum Gasteiger partial charge on any atom is 2.00 e. The largest absolute Gasteiger partial charge is 2.00 e. The number of aliphatic carboxylic acids is 4. The molecule has 0 saturated heterocycles. The van der Waals surface area contributed by atoms with Crippen LogP contribution in [0.2, 0.25) is 0 Å². The summed E-state index contributed by atoms with van der Waals surface area (Å²) in [7, 11) is 0. The van der Waals surface area contributed by atoms with Gasteiger partial charge in [-0.1, -0.05) is 0 Å². The summed E-state index contributed by atoms with van der Waals surface area (Å²) in [6.07, 6.45) is -1.88. The summed E-state index contributed by atoms with van der Waals surface area (Å²) in [5, 5.41) is 38.0. The van der Waals surface area contributed by atoms with Crippen LogP contribution in [0.5, 0.6) is 0 Å². The van der Waals surface area contributed by atoms with Gasteiger partial charge < -0.3 is 45.1 Å². The molecule has 0 spiro atoms. The van der Waals surface area contributed by atoms with Crippen molar-refractivity contribution in [2.24, 2.45) is 0 Å². The molecule has 0 atom stereocenters. The third-order valence-corrected chi connectivity index (χ3v) is 1.07. The summed E-state index contributed by atoms with van der Waals surface area (Å²) in [5.41, 5.74) is 0. The first-order valence-electron chi connectivity index (χ1n) is 4.05. The van der Waals surface area contributed by atoms with E-state index in [-0.39, 0.29) is 51.6 Å². The van der Waals surface area contributed by atoms with Crippen molar-refractivity contribution in [2.75, 3.05) is 0 Å². The summed E-state index contributed by atoms with van der Waals surface area (Å²) >= 11 is 0. The Labute approximate surface area is 140 Å². The molecule has 0 bridgehead atoms. The number of carbonyl (C=O) groups excluding carboxylic acids is 4. The van der Waals surface area contributed by atoms with E-state index in [9.17, 15) is 39.6 Å². The minimum absolute atomic E-state index is 0. The van der Waals surface area contributed by atoms with E-state index < -0.39 is 49.6 Å². The minimum Gasteiger partial charge on any atom is -0.550 e. The fourth-order valence-corrected chi connectivity index (χ4v) is 0.408. The number of carboxylic acid groups (broad SMARTS) is 4. The van der Waals surface area contributed by atoms with Crippen molar-refractivity contribution in [3.05, 3.63) is 0 Å². The van der Waals surface area contributed by atoms with E-state index in [0.717, 1.165) is 0 Å². The molecule has 0 aromatic carbocycles. The maximum atomic E-state index is 9.50. The molecule has 100 valence electrons. The second-order valence-electron chi connectivity index (χ2n) is 2.49. The molecule has 0 aromatic heterocycles. The average Bonchev–Trinajstić information content (AvgIpc) is 2.12. The second kappa shape index (κ2) is 19.7. The maximum absolute atomic E-state index is 9.50. The second-order valence-corrected chi connectivity index (χ2v) is 2.49. The Morgan fingerprint density at radius 3 is 0.684 bits per heavy atom. The number of carboxylic acids is 4. The van der Waals surface area contributed by atoms with Gasteiger partial charge in [-0.2, -0.15) is 0 Å². The predicted octanol–water partition coefficient (Wildman–Crippen LogP) is -7.05. The van der Waals surface area contributed by atoms with Crippen molar-refractivity contribution in [2.45, 2.75) is 25.7 Å². The van der Waals surface area contributed by atoms with Crippen molar-refractivity contribution in [1.29, 1.82) is 0 Å². The van der Waals surface area contributed by atoms with Gasteiger partial charge in [-0.25, -0.2) is 0 Å².